The summed E-state index contributed by atoms with van der Waals surface area (Å²) in [5.41, 5.74) is 2.02. The third-order valence-corrected chi connectivity index (χ3v) is 3.51. The molecule has 1 atom stereocenters. The molecule has 3 rings (SSSR count). The van der Waals surface area contributed by atoms with E-state index in [1.165, 1.54) is 6.07 Å². The molecule has 0 fully saturated rings. The van der Waals surface area contributed by atoms with E-state index in [2.05, 4.69) is 4.98 Å². The number of aryl methyl sites for hydroxylation is 1. The molecule has 3 aromatic rings. The first-order valence-corrected chi connectivity index (χ1v) is 6.43. The van der Waals surface area contributed by atoms with Crippen molar-refractivity contribution in [2.45, 2.75) is 13.0 Å². The zero-order valence-corrected chi connectivity index (χ0v) is 11.0. The molecule has 0 aliphatic heterocycles. The minimum absolute atomic E-state index is 0.261. The van der Waals surface area contributed by atoms with Crippen LogP contribution in [-0.4, -0.2) is 10.1 Å². The molecular formula is C17H14FNO. The minimum atomic E-state index is -0.777. The fourth-order valence-electron chi connectivity index (χ4n) is 2.40. The van der Waals surface area contributed by atoms with Crippen LogP contribution in [0.4, 0.5) is 4.39 Å². The Morgan fingerprint density at radius 2 is 2.00 bits per heavy atom. The zero-order chi connectivity index (χ0) is 14.1. The summed E-state index contributed by atoms with van der Waals surface area (Å²) in [6.07, 6.45) is 2.69. The number of aliphatic hydroxyl groups excluding tert-OH is 1. The SMILES string of the molecule is Cc1cc(C(O)c2cccc3cnccc23)ccc1F. The van der Waals surface area contributed by atoms with Crippen molar-refractivity contribution in [3.63, 3.8) is 0 Å². The van der Waals surface area contributed by atoms with Gasteiger partial charge in [-0.25, -0.2) is 4.39 Å². The summed E-state index contributed by atoms with van der Waals surface area (Å²) in [5, 5.41) is 12.5. The fourth-order valence-corrected chi connectivity index (χ4v) is 2.40. The number of aliphatic hydroxyl groups is 1. The average molecular weight is 267 g/mol. The van der Waals surface area contributed by atoms with Crippen LogP contribution in [0.5, 0.6) is 0 Å². The maximum absolute atomic E-state index is 13.3. The second kappa shape index (κ2) is 5.02. The normalized spacial score (nSPS) is 12.6. The minimum Gasteiger partial charge on any atom is -0.384 e. The van der Waals surface area contributed by atoms with Crippen molar-refractivity contribution in [3.05, 3.63) is 77.4 Å². The molecule has 1 aromatic heterocycles. The van der Waals surface area contributed by atoms with Gasteiger partial charge in [0.2, 0.25) is 0 Å². The summed E-state index contributed by atoms with van der Waals surface area (Å²) in [7, 11) is 0. The van der Waals surface area contributed by atoms with Gasteiger partial charge in [-0.3, -0.25) is 4.98 Å². The summed E-state index contributed by atoms with van der Waals surface area (Å²) >= 11 is 0. The summed E-state index contributed by atoms with van der Waals surface area (Å²) in [6, 6.07) is 12.3. The summed E-state index contributed by atoms with van der Waals surface area (Å²) < 4.78 is 13.3. The standard InChI is InChI=1S/C17H14FNO/c1-11-9-12(5-6-16(11)18)17(20)15-4-2-3-13-10-19-8-7-14(13)15/h2-10,17,20H,1H3. The van der Waals surface area contributed by atoms with Gasteiger partial charge < -0.3 is 5.11 Å². The first kappa shape index (κ1) is 12.8. The predicted octanol–water partition coefficient (Wildman–Crippen LogP) is 3.76. The largest absolute Gasteiger partial charge is 0.384 e. The molecule has 20 heavy (non-hydrogen) atoms. The second-order valence-electron chi connectivity index (χ2n) is 4.86. The number of pyridine rings is 1. The first-order chi connectivity index (χ1) is 9.66. The molecular weight excluding hydrogens is 253 g/mol. The van der Waals surface area contributed by atoms with Gasteiger partial charge in [0.25, 0.3) is 0 Å². The van der Waals surface area contributed by atoms with E-state index in [0.29, 0.717) is 11.1 Å². The number of rotatable bonds is 2. The second-order valence-corrected chi connectivity index (χ2v) is 4.86. The maximum Gasteiger partial charge on any atom is 0.126 e. The van der Waals surface area contributed by atoms with Gasteiger partial charge in [-0.05, 0) is 41.1 Å². The van der Waals surface area contributed by atoms with Gasteiger partial charge in [0, 0.05) is 17.8 Å². The molecule has 0 saturated carbocycles. The first-order valence-electron chi connectivity index (χ1n) is 6.43. The highest BCUT2D eigenvalue weighted by atomic mass is 19.1. The molecule has 0 amide bonds. The van der Waals surface area contributed by atoms with Gasteiger partial charge in [0.05, 0.1) is 0 Å². The molecule has 0 radical (unpaired) electrons. The monoisotopic (exact) mass is 267 g/mol. The van der Waals surface area contributed by atoms with Crippen molar-refractivity contribution in [2.24, 2.45) is 0 Å². The molecule has 2 nitrogen and oxygen atoms in total. The van der Waals surface area contributed by atoms with E-state index in [0.717, 1.165) is 16.3 Å². The van der Waals surface area contributed by atoms with E-state index >= 15 is 0 Å². The van der Waals surface area contributed by atoms with Gasteiger partial charge in [0.1, 0.15) is 11.9 Å². The van der Waals surface area contributed by atoms with Crippen LogP contribution in [0.1, 0.15) is 22.8 Å². The van der Waals surface area contributed by atoms with Crippen LogP contribution in [0.15, 0.2) is 54.9 Å². The van der Waals surface area contributed by atoms with Crippen molar-refractivity contribution in [1.82, 2.24) is 4.98 Å². The molecule has 2 aromatic carbocycles. The quantitative estimate of drug-likeness (QED) is 0.766. The van der Waals surface area contributed by atoms with Crippen LogP contribution in [0.2, 0.25) is 0 Å². The third-order valence-electron chi connectivity index (χ3n) is 3.51. The summed E-state index contributed by atoms with van der Waals surface area (Å²) in [5.74, 6) is -0.261. The predicted molar refractivity (Wildman–Crippen MR) is 76.9 cm³/mol. The Labute approximate surface area is 116 Å². The Bertz CT molecular complexity index is 765. The van der Waals surface area contributed by atoms with Crippen LogP contribution in [-0.2, 0) is 0 Å². The van der Waals surface area contributed by atoms with Crippen molar-refractivity contribution >= 4 is 10.8 Å². The Morgan fingerprint density at radius 1 is 1.15 bits per heavy atom. The molecule has 100 valence electrons. The molecule has 0 aliphatic carbocycles. The Kier molecular flexibility index (Phi) is 3.20. The Morgan fingerprint density at radius 3 is 2.80 bits per heavy atom. The number of hydrogen-bond acceptors (Lipinski definition) is 2. The lowest BCUT2D eigenvalue weighted by Gasteiger charge is -2.15. The van der Waals surface area contributed by atoms with E-state index < -0.39 is 6.10 Å². The molecule has 0 spiro atoms. The number of halogens is 1. The number of benzene rings is 2. The van der Waals surface area contributed by atoms with Gasteiger partial charge in [0.15, 0.2) is 0 Å². The molecule has 3 heteroatoms. The van der Waals surface area contributed by atoms with Gasteiger partial charge in [-0.1, -0.05) is 30.3 Å². The number of aromatic nitrogens is 1. The van der Waals surface area contributed by atoms with Gasteiger partial charge in [-0.15, -0.1) is 0 Å². The highest BCUT2D eigenvalue weighted by Gasteiger charge is 2.14. The number of nitrogens with zero attached hydrogens (tertiary/aromatic N) is 1. The topological polar surface area (TPSA) is 33.1 Å². The Hall–Kier alpha value is -2.26. The van der Waals surface area contributed by atoms with Crippen molar-refractivity contribution < 1.29 is 9.50 Å². The lowest BCUT2D eigenvalue weighted by molar-refractivity contribution is 0.221. The summed E-state index contributed by atoms with van der Waals surface area (Å²) in [6.45, 7) is 1.69. The van der Waals surface area contributed by atoms with Crippen molar-refractivity contribution in [1.29, 1.82) is 0 Å². The van der Waals surface area contributed by atoms with Crippen molar-refractivity contribution in [3.8, 4) is 0 Å². The molecule has 0 bridgehead atoms. The van der Waals surface area contributed by atoms with E-state index in [9.17, 15) is 9.50 Å². The van der Waals surface area contributed by atoms with E-state index in [4.69, 9.17) is 0 Å². The van der Waals surface area contributed by atoms with Crippen molar-refractivity contribution in [2.75, 3.05) is 0 Å². The Balaban J connectivity index is 2.12. The lowest BCUT2D eigenvalue weighted by atomic mass is 9.96. The van der Waals surface area contributed by atoms with Crippen LogP contribution in [0.25, 0.3) is 10.8 Å². The highest BCUT2D eigenvalue weighted by molar-refractivity contribution is 5.85. The maximum atomic E-state index is 13.3. The van der Waals surface area contributed by atoms with E-state index in [1.807, 2.05) is 24.3 Å². The van der Waals surface area contributed by atoms with Crippen LogP contribution >= 0.6 is 0 Å². The number of fused-ring (bicyclic) bond motifs is 1. The molecule has 1 N–H and O–H groups in total. The van der Waals surface area contributed by atoms with Crippen LogP contribution in [0, 0.1) is 12.7 Å². The van der Waals surface area contributed by atoms with Gasteiger partial charge in [-0.2, -0.15) is 0 Å². The van der Waals surface area contributed by atoms with Crippen LogP contribution in [0.3, 0.4) is 0 Å². The zero-order valence-electron chi connectivity index (χ0n) is 11.0. The van der Waals surface area contributed by atoms with Crippen LogP contribution < -0.4 is 0 Å². The molecule has 0 aliphatic rings. The smallest absolute Gasteiger partial charge is 0.126 e. The molecule has 1 heterocycles. The number of hydrogen-bond donors (Lipinski definition) is 1. The van der Waals surface area contributed by atoms with E-state index in [1.54, 1.807) is 31.5 Å². The fraction of sp³-hybridized carbons (Fsp3) is 0.118. The average Bonchev–Trinajstić information content (AvgIpc) is 2.49. The molecule has 0 saturated heterocycles. The highest BCUT2D eigenvalue weighted by Crippen LogP contribution is 2.29. The van der Waals surface area contributed by atoms with E-state index in [-0.39, 0.29) is 5.82 Å². The van der Waals surface area contributed by atoms with Gasteiger partial charge >= 0.3 is 0 Å². The molecule has 1 unspecified atom stereocenters. The third kappa shape index (κ3) is 2.17. The summed E-state index contributed by atoms with van der Waals surface area (Å²) in [4.78, 5) is 4.08. The lowest BCUT2D eigenvalue weighted by Crippen LogP contribution is -2.01.